The van der Waals surface area contributed by atoms with E-state index in [4.69, 9.17) is 4.74 Å². The quantitative estimate of drug-likeness (QED) is 0.402. The second-order valence-corrected chi connectivity index (χ2v) is 7.58. The summed E-state index contributed by atoms with van der Waals surface area (Å²) in [6, 6.07) is 20.9. The minimum Gasteiger partial charge on any atom is -0.483 e. The number of rotatable bonds is 6. The molecule has 0 fully saturated rings. The molecule has 0 aliphatic heterocycles. The number of carbonyl (C=O) groups excluding carboxylic acids is 1. The molecule has 32 heavy (non-hydrogen) atoms. The van der Waals surface area contributed by atoms with E-state index in [1.165, 1.54) is 6.21 Å². The molecular formula is C23H17BrN4O4. The number of anilines is 1. The molecule has 9 heteroatoms. The van der Waals surface area contributed by atoms with Crippen molar-refractivity contribution in [3.8, 4) is 5.75 Å². The van der Waals surface area contributed by atoms with Gasteiger partial charge in [0.2, 0.25) is 0 Å². The highest BCUT2D eigenvalue weighted by Crippen LogP contribution is 2.25. The third kappa shape index (κ3) is 4.84. The lowest BCUT2D eigenvalue weighted by molar-refractivity contribution is -0.118. The lowest BCUT2D eigenvalue weighted by Gasteiger charge is -2.09. The first-order chi connectivity index (χ1) is 15.5. The zero-order chi connectivity index (χ0) is 22.5. The fourth-order valence-corrected chi connectivity index (χ4v) is 3.47. The predicted molar refractivity (Wildman–Crippen MR) is 127 cm³/mol. The highest BCUT2D eigenvalue weighted by atomic mass is 79.9. The van der Waals surface area contributed by atoms with Gasteiger partial charge in [-0.15, -0.1) is 4.68 Å². The molecule has 1 amide bonds. The van der Waals surface area contributed by atoms with Crippen molar-refractivity contribution >= 4 is 44.6 Å². The topological polar surface area (TPSA) is 106 Å². The van der Waals surface area contributed by atoms with Gasteiger partial charge in [-0.1, -0.05) is 30.3 Å². The van der Waals surface area contributed by atoms with Gasteiger partial charge < -0.3 is 15.0 Å². The maximum atomic E-state index is 12.5. The van der Waals surface area contributed by atoms with Crippen molar-refractivity contribution in [1.82, 2.24) is 9.66 Å². The number of hydrogen-bond acceptors (Lipinski definition) is 5. The van der Waals surface area contributed by atoms with Gasteiger partial charge in [0.05, 0.1) is 21.6 Å². The van der Waals surface area contributed by atoms with Crippen LogP contribution in [-0.4, -0.2) is 28.4 Å². The van der Waals surface area contributed by atoms with Crippen LogP contribution >= 0.6 is 15.9 Å². The number of carbonyl (C=O) groups is 1. The molecule has 0 unspecified atom stereocenters. The normalized spacial score (nSPS) is 11.0. The number of nitrogens with zero attached hydrogens (tertiary/aromatic N) is 2. The van der Waals surface area contributed by atoms with E-state index in [9.17, 15) is 14.4 Å². The summed E-state index contributed by atoms with van der Waals surface area (Å²) in [5.41, 5.74) is 0.620. The Balaban J connectivity index is 1.46. The van der Waals surface area contributed by atoms with Crippen LogP contribution in [0, 0.1) is 0 Å². The Labute approximate surface area is 190 Å². The fourth-order valence-electron chi connectivity index (χ4n) is 2.96. The van der Waals surface area contributed by atoms with Crippen LogP contribution in [0.4, 0.5) is 5.69 Å². The van der Waals surface area contributed by atoms with Gasteiger partial charge in [-0.3, -0.25) is 9.59 Å². The SMILES string of the molecule is O=C(COc1ccc(C=Nn2c(=O)[nH]c3ccccc3c2=O)cc1Br)Nc1ccccc1. The molecule has 0 aliphatic rings. The standard InChI is InChI=1S/C23H17BrN4O4/c24-18-12-15(10-11-20(18)32-14-21(29)26-16-6-2-1-3-7-16)13-25-28-22(30)17-8-4-5-9-19(17)27-23(28)31/h1-13H,14H2,(H,26,29)(H,27,31). The maximum Gasteiger partial charge on any atom is 0.349 e. The van der Waals surface area contributed by atoms with Crippen LogP contribution in [-0.2, 0) is 4.79 Å². The first-order valence-electron chi connectivity index (χ1n) is 9.57. The van der Waals surface area contributed by atoms with Gasteiger partial charge >= 0.3 is 5.69 Å². The third-order valence-electron chi connectivity index (χ3n) is 4.48. The molecule has 0 aliphatic carbocycles. The number of hydrogen-bond donors (Lipinski definition) is 2. The number of benzene rings is 3. The number of halogens is 1. The third-order valence-corrected chi connectivity index (χ3v) is 5.10. The number of H-pyrrole nitrogens is 1. The Morgan fingerprint density at radius 2 is 1.81 bits per heavy atom. The van der Waals surface area contributed by atoms with Crippen molar-refractivity contribution in [2.75, 3.05) is 11.9 Å². The van der Waals surface area contributed by atoms with Crippen LogP contribution in [0.5, 0.6) is 5.75 Å². The zero-order valence-electron chi connectivity index (χ0n) is 16.6. The summed E-state index contributed by atoms with van der Waals surface area (Å²) in [7, 11) is 0. The summed E-state index contributed by atoms with van der Waals surface area (Å²) >= 11 is 3.40. The van der Waals surface area contributed by atoms with Crippen LogP contribution in [0.3, 0.4) is 0 Å². The average molecular weight is 493 g/mol. The van der Waals surface area contributed by atoms with E-state index in [-0.39, 0.29) is 12.5 Å². The van der Waals surface area contributed by atoms with E-state index in [1.54, 1.807) is 54.6 Å². The van der Waals surface area contributed by atoms with Crippen LogP contribution < -0.4 is 21.3 Å². The largest absolute Gasteiger partial charge is 0.483 e. The molecule has 0 saturated heterocycles. The van der Waals surface area contributed by atoms with Gasteiger partial charge in [-0.25, -0.2) is 4.79 Å². The molecule has 0 saturated carbocycles. The number of para-hydroxylation sites is 2. The van der Waals surface area contributed by atoms with Crippen molar-refractivity contribution in [2.24, 2.45) is 5.10 Å². The number of fused-ring (bicyclic) bond motifs is 1. The Hall–Kier alpha value is -3.98. The lowest BCUT2D eigenvalue weighted by Crippen LogP contribution is -2.32. The van der Waals surface area contributed by atoms with Gasteiger partial charge in [-0.2, -0.15) is 5.10 Å². The van der Waals surface area contributed by atoms with Gasteiger partial charge in [-0.05, 0) is 64.0 Å². The number of ether oxygens (including phenoxy) is 1. The van der Waals surface area contributed by atoms with E-state index >= 15 is 0 Å². The highest BCUT2D eigenvalue weighted by Gasteiger charge is 2.08. The van der Waals surface area contributed by atoms with Crippen molar-refractivity contribution in [2.45, 2.75) is 0 Å². The van der Waals surface area contributed by atoms with E-state index in [0.717, 1.165) is 4.68 Å². The molecule has 1 heterocycles. The van der Waals surface area contributed by atoms with Crippen molar-refractivity contribution < 1.29 is 9.53 Å². The molecule has 0 radical (unpaired) electrons. The minimum absolute atomic E-state index is 0.164. The summed E-state index contributed by atoms with van der Waals surface area (Å²) in [5.74, 6) is 0.176. The van der Waals surface area contributed by atoms with E-state index in [2.05, 4.69) is 31.3 Å². The summed E-state index contributed by atoms with van der Waals surface area (Å²) in [6.45, 7) is -0.164. The molecule has 4 aromatic rings. The molecule has 8 nitrogen and oxygen atoms in total. The first-order valence-corrected chi connectivity index (χ1v) is 10.4. The molecule has 1 aromatic heterocycles. The van der Waals surface area contributed by atoms with E-state index in [0.29, 0.717) is 32.4 Å². The van der Waals surface area contributed by atoms with E-state index in [1.807, 2.05) is 18.2 Å². The molecule has 3 aromatic carbocycles. The van der Waals surface area contributed by atoms with Gasteiger partial charge in [0.1, 0.15) is 5.75 Å². The van der Waals surface area contributed by atoms with Gasteiger partial charge in [0.15, 0.2) is 6.61 Å². The lowest BCUT2D eigenvalue weighted by atomic mass is 10.2. The molecule has 0 bridgehead atoms. The number of nitrogens with one attached hydrogen (secondary N) is 2. The fraction of sp³-hybridized carbons (Fsp3) is 0.0435. The Morgan fingerprint density at radius 3 is 2.59 bits per heavy atom. The van der Waals surface area contributed by atoms with Crippen molar-refractivity contribution in [3.05, 3.63) is 104 Å². The summed E-state index contributed by atoms with van der Waals surface area (Å²) in [6.07, 6.45) is 1.39. The average Bonchev–Trinajstić information content (AvgIpc) is 2.79. The van der Waals surface area contributed by atoms with Crippen LogP contribution in [0.25, 0.3) is 10.9 Å². The minimum atomic E-state index is -0.631. The number of aromatic amines is 1. The van der Waals surface area contributed by atoms with Crippen molar-refractivity contribution in [1.29, 1.82) is 0 Å². The van der Waals surface area contributed by atoms with Crippen molar-refractivity contribution in [3.63, 3.8) is 0 Å². The summed E-state index contributed by atoms with van der Waals surface area (Å²) < 4.78 is 6.93. The maximum absolute atomic E-state index is 12.5. The van der Waals surface area contributed by atoms with Crippen LogP contribution in [0.2, 0.25) is 0 Å². The predicted octanol–water partition coefficient (Wildman–Crippen LogP) is 3.35. The first kappa shape index (κ1) is 21.3. The molecule has 160 valence electrons. The molecule has 2 N–H and O–H groups in total. The van der Waals surface area contributed by atoms with Crippen LogP contribution in [0.15, 0.2) is 92.0 Å². The van der Waals surface area contributed by atoms with Gasteiger partial charge in [0.25, 0.3) is 11.5 Å². The summed E-state index contributed by atoms with van der Waals surface area (Å²) in [4.78, 5) is 39.4. The summed E-state index contributed by atoms with van der Waals surface area (Å²) in [5, 5.41) is 7.13. The van der Waals surface area contributed by atoms with Crippen LogP contribution in [0.1, 0.15) is 5.56 Å². The molecular weight excluding hydrogens is 476 g/mol. The number of aromatic nitrogens is 2. The molecule has 0 spiro atoms. The Bertz CT molecular complexity index is 1430. The monoisotopic (exact) mass is 492 g/mol. The highest BCUT2D eigenvalue weighted by molar-refractivity contribution is 9.10. The zero-order valence-corrected chi connectivity index (χ0v) is 18.2. The second kappa shape index (κ2) is 9.44. The smallest absolute Gasteiger partial charge is 0.349 e. The number of amides is 1. The molecule has 0 atom stereocenters. The Morgan fingerprint density at radius 1 is 1.06 bits per heavy atom. The second-order valence-electron chi connectivity index (χ2n) is 6.73. The Kier molecular flexibility index (Phi) is 6.27. The van der Waals surface area contributed by atoms with Gasteiger partial charge in [0, 0.05) is 5.69 Å². The molecule has 4 rings (SSSR count). The van der Waals surface area contributed by atoms with E-state index < -0.39 is 11.2 Å².